The summed E-state index contributed by atoms with van der Waals surface area (Å²) in [5.74, 6) is -1.04. The van der Waals surface area contributed by atoms with Crippen molar-refractivity contribution in [3.05, 3.63) is 66.2 Å². The molecule has 1 atom stereocenters. The van der Waals surface area contributed by atoms with E-state index in [0.29, 0.717) is 11.3 Å². The van der Waals surface area contributed by atoms with E-state index in [1.54, 1.807) is 54.6 Å². The van der Waals surface area contributed by atoms with E-state index in [-0.39, 0.29) is 24.1 Å². The van der Waals surface area contributed by atoms with E-state index in [9.17, 15) is 14.4 Å². The molecule has 6 nitrogen and oxygen atoms in total. The molecule has 0 saturated carbocycles. The fourth-order valence-corrected chi connectivity index (χ4v) is 2.41. The third-order valence-corrected chi connectivity index (χ3v) is 3.56. The molecule has 116 valence electrons. The minimum atomic E-state index is -0.768. The number of anilines is 1. The Labute approximate surface area is 133 Å². The summed E-state index contributed by atoms with van der Waals surface area (Å²) in [5, 5.41) is 0. The predicted molar refractivity (Wildman–Crippen MR) is 84.4 cm³/mol. The smallest absolute Gasteiger partial charge is 0.265 e. The summed E-state index contributed by atoms with van der Waals surface area (Å²) in [5.41, 5.74) is 6.12. The third-order valence-electron chi connectivity index (χ3n) is 3.56. The number of hydrazine groups is 1. The van der Waals surface area contributed by atoms with E-state index in [1.165, 1.54) is 0 Å². The molecule has 6 heteroatoms. The zero-order valence-electron chi connectivity index (χ0n) is 12.2. The maximum atomic E-state index is 12.4. The second-order valence-corrected chi connectivity index (χ2v) is 5.12. The third kappa shape index (κ3) is 3.12. The predicted octanol–water partition coefficient (Wildman–Crippen LogP) is 1.25. The highest BCUT2D eigenvalue weighted by molar-refractivity contribution is 6.22. The van der Waals surface area contributed by atoms with Crippen molar-refractivity contribution in [1.82, 2.24) is 10.9 Å². The lowest BCUT2D eigenvalue weighted by molar-refractivity contribution is -0.121. The first-order valence-electron chi connectivity index (χ1n) is 7.19. The van der Waals surface area contributed by atoms with Crippen LogP contribution in [0.1, 0.15) is 16.8 Å². The van der Waals surface area contributed by atoms with Crippen LogP contribution in [-0.4, -0.2) is 23.8 Å². The van der Waals surface area contributed by atoms with Crippen molar-refractivity contribution in [2.75, 3.05) is 4.90 Å². The average molecular weight is 309 g/mol. The van der Waals surface area contributed by atoms with Gasteiger partial charge in [0.25, 0.3) is 11.8 Å². The van der Waals surface area contributed by atoms with Crippen LogP contribution >= 0.6 is 0 Å². The van der Waals surface area contributed by atoms with Crippen LogP contribution < -0.4 is 15.8 Å². The highest BCUT2D eigenvalue weighted by Gasteiger charge is 2.39. The Balaban J connectivity index is 1.65. The van der Waals surface area contributed by atoms with E-state index in [2.05, 4.69) is 10.9 Å². The number of nitrogens with one attached hydrogen (secondary N) is 2. The Kier molecular flexibility index (Phi) is 4.16. The minimum Gasteiger partial charge on any atom is -0.287 e. The van der Waals surface area contributed by atoms with Crippen LogP contribution in [0.25, 0.3) is 0 Å². The van der Waals surface area contributed by atoms with Crippen LogP contribution in [0.15, 0.2) is 60.7 Å². The van der Waals surface area contributed by atoms with Gasteiger partial charge in [-0.1, -0.05) is 36.4 Å². The Morgan fingerprint density at radius 2 is 1.57 bits per heavy atom. The van der Waals surface area contributed by atoms with E-state index in [4.69, 9.17) is 0 Å². The van der Waals surface area contributed by atoms with Crippen molar-refractivity contribution in [1.29, 1.82) is 0 Å². The van der Waals surface area contributed by atoms with Crippen molar-refractivity contribution >= 4 is 23.4 Å². The monoisotopic (exact) mass is 309 g/mol. The molecule has 2 aromatic rings. The number of imide groups is 1. The summed E-state index contributed by atoms with van der Waals surface area (Å²) >= 11 is 0. The summed E-state index contributed by atoms with van der Waals surface area (Å²) in [6, 6.07) is 16.6. The molecule has 0 aromatic heterocycles. The second kappa shape index (κ2) is 6.41. The molecular weight excluding hydrogens is 294 g/mol. The van der Waals surface area contributed by atoms with Crippen LogP contribution in [0.4, 0.5) is 5.69 Å². The Morgan fingerprint density at radius 1 is 0.957 bits per heavy atom. The molecule has 2 N–H and O–H groups in total. The summed E-state index contributed by atoms with van der Waals surface area (Å²) in [4.78, 5) is 37.5. The summed E-state index contributed by atoms with van der Waals surface area (Å²) in [6.07, 6.45) is 0.00278. The number of amides is 3. The van der Waals surface area contributed by atoms with Gasteiger partial charge < -0.3 is 0 Å². The molecule has 1 fully saturated rings. The number of para-hydroxylation sites is 1. The molecule has 1 heterocycles. The Bertz CT molecular complexity index is 731. The lowest BCUT2D eigenvalue weighted by atomic mass is 10.2. The number of carbonyl (C=O) groups is 3. The molecule has 0 aliphatic carbocycles. The quantitative estimate of drug-likeness (QED) is 0.658. The fraction of sp³-hybridized carbons (Fsp3) is 0.118. The van der Waals surface area contributed by atoms with Crippen molar-refractivity contribution in [3.8, 4) is 0 Å². The molecule has 23 heavy (non-hydrogen) atoms. The summed E-state index contributed by atoms with van der Waals surface area (Å²) in [6.45, 7) is 0. The number of rotatable bonds is 4. The zero-order valence-corrected chi connectivity index (χ0v) is 12.2. The van der Waals surface area contributed by atoms with Gasteiger partial charge in [0.05, 0.1) is 12.1 Å². The largest absolute Gasteiger partial charge is 0.287 e. The highest BCUT2D eigenvalue weighted by atomic mass is 16.2. The van der Waals surface area contributed by atoms with Gasteiger partial charge in [0, 0.05) is 5.56 Å². The molecule has 3 rings (SSSR count). The first-order valence-corrected chi connectivity index (χ1v) is 7.19. The highest BCUT2D eigenvalue weighted by Crippen LogP contribution is 2.22. The van der Waals surface area contributed by atoms with Gasteiger partial charge in [-0.25, -0.2) is 10.3 Å². The van der Waals surface area contributed by atoms with Gasteiger partial charge in [-0.3, -0.25) is 19.8 Å². The molecule has 0 radical (unpaired) electrons. The van der Waals surface area contributed by atoms with Crippen LogP contribution in [0, 0.1) is 0 Å². The molecule has 0 unspecified atom stereocenters. The number of carbonyl (C=O) groups excluding carboxylic acids is 3. The second-order valence-electron chi connectivity index (χ2n) is 5.12. The standard InChI is InChI=1S/C17H15N3O3/c21-15-11-14(17(23)20(15)13-9-5-2-6-10-13)18-19-16(22)12-7-3-1-4-8-12/h1-10,14,18H,11H2,(H,19,22)/t14-/m0/s1. The van der Waals surface area contributed by atoms with E-state index >= 15 is 0 Å². The van der Waals surface area contributed by atoms with Crippen LogP contribution in [0.5, 0.6) is 0 Å². The maximum Gasteiger partial charge on any atom is 0.265 e. The molecule has 0 spiro atoms. The van der Waals surface area contributed by atoms with Crippen molar-refractivity contribution < 1.29 is 14.4 Å². The van der Waals surface area contributed by atoms with E-state index in [1.807, 2.05) is 6.07 Å². The fourth-order valence-electron chi connectivity index (χ4n) is 2.41. The van der Waals surface area contributed by atoms with Crippen molar-refractivity contribution in [2.45, 2.75) is 12.5 Å². The van der Waals surface area contributed by atoms with Crippen LogP contribution in [0.2, 0.25) is 0 Å². The molecule has 1 aliphatic rings. The molecule has 0 bridgehead atoms. The SMILES string of the molecule is O=C(NN[C@H]1CC(=O)N(c2ccccc2)C1=O)c1ccccc1. The van der Waals surface area contributed by atoms with Gasteiger partial charge in [0.15, 0.2) is 0 Å². The van der Waals surface area contributed by atoms with Crippen molar-refractivity contribution in [2.24, 2.45) is 0 Å². The van der Waals surface area contributed by atoms with Gasteiger partial charge in [-0.05, 0) is 24.3 Å². The van der Waals surface area contributed by atoms with Crippen molar-refractivity contribution in [3.63, 3.8) is 0 Å². The zero-order chi connectivity index (χ0) is 16.2. The summed E-state index contributed by atoms with van der Waals surface area (Å²) in [7, 11) is 0. The van der Waals surface area contributed by atoms with Gasteiger partial charge in [0.1, 0.15) is 6.04 Å². The molecule has 1 saturated heterocycles. The van der Waals surface area contributed by atoms with Gasteiger partial charge in [-0.2, -0.15) is 0 Å². The lowest BCUT2D eigenvalue weighted by Gasteiger charge is -2.15. The Hall–Kier alpha value is -2.99. The number of nitrogens with zero attached hydrogens (tertiary/aromatic N) is 1. The number of benzene rings is 2. The van der Waals surface area contributed by atoms with E-state index in [0.717, 1.165) is 4.90 Å². The number of hydrogen-bond donors (Lipinski definition) is 2. The average Bonchev–Trinajstić information content (AvgIpc) is 2.88. The topological polar surface area (TPSA) is 78.5 Å². The van der Waals surface area contributed by atoms with E-state index < -0.39 is 6.04 Å². The normalized spacial score (nSPS) is 17.4. The molecular formula is C17H15N3O3. The first-order chi connectivity index (χ1) is 11.2. The molecule has 3 amide bonds. The number of hydrogen-bond acceptors (Lipinski definition) is 4. The van der Waals surface area contributed by atoms with Crippen LogP contribution in [0.3, 0.4) is 0 Å². The minimum absolute atomic E-state index is 0.00278. The lowest BCUT2D eigenvalue weighted by Crippen LogP contribution is -2.48. The van der Waals surface area contributed by atoms with Gasteiger partial charge in [0.2, 0.25) is 5.91 Å². The molecule has 1 aliphatic heterocycles. The summed E-state index contributed by atoms with van der Waals surface area (Å²) < 4.78 is 0. The van der Waals surface area contributed by atoms with Gasteiger partial charge in [-0.15, -0.1) is 0 Å². The maximum absolute atomic E-state index is 12.4. The first kappa shape index (κ1) is 14.9. The Morgan fingerprint density at radius 3 is 2.22 bits per heavy atom. The van der Waals surface area contributed by atoms with Crippen LogP contribution in [-0.2, 0) is 9.59 Å². The molecule has 2 aromatic carbocycles. The van der Waals surface area contributed by atoms with Gasteiger partial charge >= 0.3 is 0 Å².